The first-order chi connectivity index (χ1) is 8.70. The first kappa shape index (κ1) is 19.0. The molecule has 116 valence electrons. The van der Waals surface area contributed by atoms with E-state index in [-0.39, 0.29) is 5.60 Å². The highest BCUT2D eigenvalue weighted by molar-refractivity contribution is 4.62. The number of hydrogen-bond donors (Lipinski definition) is 0. The molecular weight excluding hydrogens is 232 g/mol. The Hall–Kier alpha value is -0.0400. The minimum absolute atomic E-state index is 0.0123. The summed E-state index contributed by atoms with van der Waals surface area (Å²) in [5.41, 5.74) is 0.0123. The molecule has 1 nitrogen and oxygen atoms in total. The molecule has 0 aliphatic rings. The first-order valence-corrected chi connectivity index (χ1v) is 8.34. The molecule has 0 spiro atoms. The Labute approximate surface area is 122 Å². The van der Waals surface area contributed by atoms with E-state index in [2.05, 4.69) is 48.5 Å². The zero-order valence-electron chi connectivity index (χ0n) is 14.6. The third-order valence-corrected chi connectivity index (χ3v) is 3.67. The Morgan fingerprint density at radius 1 is 0.737 bits per heavy atom. The zero-order valence-corrected chi connectivity index (χ0v) is 14.6. The molecule has 1 heteroatoms. The van der Waals surface area contributed by atoms with Gasteiger partial charge >= 0.3 is 0 Å². The summed E-state index contributed by atoms with van der Waals surface area (Å²) in [5, 5.41) is 0. The van der Waals surface area contributed by atoms with Gasteiger partial charge in [0.15, 0.2) is 0 Å². The maximum absolute atomic E-state index is 5.84. The van der Waals surface area contributed by atoms with Crippen LogP contribution in [0, 0.1) is 17.8 Å². The Balaban J connectivity index is 3.50. The van der Waals surface area contributed by atoms with Crippen molar-refractivity contribution in [1.29, 1.82) is 0 Å². The lowest BCUT2D eigenvalue weighted by Gasteiger charge is -2.22. The number of hydrogen-bond acceptors (Lipinski definition) is 1. The molecule has 0 aromatic rings. The number of ether oxygens (including phenoxy) is 1. The van der Waals surface area contributed by atoms with Gasteiger partial charge in [0, 0.05) is 6.61 Å². The Bertz CT molecular complexity index is 202. The molecule has 0 fully saturated rings. The first-order valence-electron chi connectivity index (χ1n) is 8.34. The highest BCUT2D eigenvalue weighted by atomic mass is 16.5. The molecule has 0 saturated carbocycles. The topological polar surface area (TPSA) is 9.23 Å². The van der Waals surface area contributed by atoms with Crippen LogP contribution >= 0.6 is 0 Å². The molecule has 0 bridgehead atoms. The van der Waals surface area contributed by atoms with Crippen molar-refractivity contribution < 1.29 is 4.74 Å². The van der Waals surface area contributed by atoms with Gasteiger partial charge in [0.05, 0.1) is 5.60 Å². The van der Waals surface area contributed by atoms with E-state index in [0.29, 0.717) is 5.92 Å². The van der Waals surface area contributed by atoms with E-state index >= 15 is 0 Å². The summed E-state index contributed by atoms with van der Waals surface area (Å²) in [6, 6.07) is 0. The quantitative estimate of drug-likeness (QED) is 0.468. The highest BCUT2D eigenvalue weighted by Gasteiger charge is 2.12. The standard InChI is InChI=1S/C18H38O/c1-15(2)10-8-11-16(3)12-9-13-17(4)14-19-18(5,6)7/h15-17H,8-14H2,1-7H3. The van der Waals surface area contributed by atoms with Gasteiger partial charge in [-0.2, -0.15) is 0 Å². The molecule has 0 amide bonds. The van der Waals surface area contributed by atoms with Gasteiger partial charge in [0.1, 0.15) is 0 Å². The fourth-order valence-corrected chi connectivity index (χ4v) is 2.31. The van der Waals surface area contributed by atoms with Crippen molar-refractivity contribution in [3.8, 4) is 0 Å². The normalized spacial score (nSPS) is 15.8. The van der Waals surface area contributed by atoms with Crippen LogP contribution in [0.5, 0.6) is 0 Å². The Morgan fingerprint density at radius 3 is 1.68 bits per heavy atom. The maximum atomic E-state index is 5.84. The Kier molecular flexibility index (Phi) is 9.78. The molecule has 0 rings (SSSR count). The zero-order chi connectivity index (χ0) is 14.9. The largest absolute Gasteiger partial charge is 0.376 e. The minimum atomic E-state index is 0.0123. The lowest BCUT2D eigenvalue weighted by molar-refractivity contribution is -0.0210. The van der Waals surface area contributed by atoms with Gasteiger partial charge in [0.2, 0.25) is 0 Å². The van der Waals surface area contributed by atoms with Crippen molar-refractivity contribution in [2.24, 2.45) is 17.8 Å². The van der Waals surface area contributed by atoms with Crippen molar-refractivity contribution in [2.75, 3.05) is 6.61 Å². The summed E-state index contributed by atoms with van der Waals surface area (Å²) in [6.45, 7) is 16.7. The van der Waals surface area contributed by atoms with Crippen LogP contribution in [-0.2, 0) is 4.74 Å². The molecule has 19 heavy (non-hydrogen) atoms. The van der Waals surface area contributed by atoms with Crippen LogP contribution in [0.15, 0.2) is 0 Å². The van der Waals surface area contributed by atoms with Crippen LogP contribution in [0.1, 0.15) is 87.0 Å². The summed E-state index contributed by atoms with van der Waals surface area (Å²) in [7, 11) is 0. The second-order valence-corrected chi connectivity index (χ2v) is 7.89. The molecule has 0 aromatic heterocycles. The van der Waals surface area contributed by atoms with E-state index in [1.165, 1.54) is 38.5 Å². The van der Waals surface area contributed by atoms with Gasteiger partial charge in [-0.3, -0.25) is 0 Å². The average molecular weight is 271 g/mol. The van der Waals surface area contributed by atoms with Gasteiger partial charge in [0.25, 0.3) is 0 Å². The Morgan fingerprint density at radius 2 is 1.21 bits per heavy atom. The molecule has 0 aliphatic carbocycles. The van der Waals surface area contributed by atoms with Gasteiger partial charge in [-0.1, -0.05) is 59.8 Å². The summed E-state index contributed by atoms with van der Waals surface area (Å²) in [5.74, 6) is 2.46. The molecule has 0 aliphatic heterocycles. The van der Waals surface area contributed by atoms with E-state index in [9.17, 15) is 0 Å². The molecular formula is C18H38O. The van der Waals surface area contributed by atoms with Crippen molar-refractivity contribution in [3.63, 3.8) is 0 Å². The van der Waals surface area contributed by atoms with E-state index in [0.717, 1.165) is 18.4 Å². The van der Waals surface area contributed by atoms with Gasteiger partial charge in [-0.15, -0.1) is 0 Å². The van der Waals surface area contributed by atoms with Crippen LogP contribution in [0.3, 0.4) is 0 Å². The van der Waals surface area contributed by atoms with Gasteiger partial charge in [-0.05, 0) is 44.9 Å². The number of rotatable bonds is 10. The van der Waals surface area contributed by atoms with Gasteiger partial charge < -0.3 is 4.74 Å². The van der Waals surface area contributed by atoms with Crippen molar-refractivity contribution >= 4 is 0 Å². The molecule has 2 atom stereocenters. The summed E-state index contributed by atoms with van der Waals surface area (Å²) in [4.78, 5) is 0. The lowest BCUT2D eigenvalue weighted by atomic mass is 9.93. The van der Waals surface area contributed by atoms with Crippen LogP contribution < -0.4 is 0 Å². The van der Waals surface area contributed by atoms with Crippen LogP contribution in [0.4, 0.5) is 0 Å². The van der Waals surface area contributed by atoms with Gasteiger partial charge in [-0.25, -0.2) is 0 Å². The highest BCUT2D eigenvalue weighted by Crippen LogP contribution is 2.20. The fraction of sp³-hybridized carbons (Fsp3) is 1.00. The average Bonchev–Trinajstić information content (AvgIpc) is 2.25. The summed E-state index contributed by atoms with van der Waals surface area (Å²) < 4.78 is 5.84. The maximum Gasteiger partial charge on any atom is 0.0598 e. The molecule has 0 heterocycles. The molecule has 0 aromatic carbocycles. The SMILES string of the molecule is CC(C)CCCC(C)CCCC(C)COC(C)(C)C. The van der Waals surface area contributed by atoms with Crippen molar-refractivity contribution in [3.05, 3.63) is 0 Å². The third kappa shape index (κ3) is 14.2. The van der Waals surface area contributed by atoms with Crippen molar-refractivity contribution in [2.45, 2.75) is 92.6 Å². The smallest absolute Gasteiger partial charge is 0.0598 e. The molecule has 2 unspecified atom stereocenters. The second kappa shape index (κ2) is 9.80. The minimum Gasteiger partial charge on any atom is -0.376 e. The van der Waals surface area contributed by atoms with E-state index in [1.54, 1.807) is 0 Å². The predicted octanol–water partition coefficient (Wildman–Crippen LogP) is 6.07. The molecule has 0 radical (unpaired) electrons. The molecule has 0 saturated heterocycles. The van der Waals surface area contributed by atoms with Crippen molar-refractivity contribution in [1.82, 2.24) is 0 Å². The van der Waals surface area contributed by atoms with Crippen LogP contribution in [-0.4, -0.2) is 12.2 Å². The van der Waals surface area contributed by atoms with E-state index in [1.807, 2.05) is 0 Å². The lowest BCUT2D eigenvalue weighted by Crippen LogP contribution is -2.22. The summed E-state index contributed by atoms with van der Waals surface area (Å²) in [6.07, 6.45) is 8.26. The van der Waals surface area contributed by atoms with Crippen LogP contribution in [0.25, 0.3) is 0 Å². The monoisotopic (exact) mass is 270 g/mol. The van der Waals surface area contributed by atoms with E-state index < -0.39 is 0 Å². The van der Waals surface area contributed by atoms with Crippen LogP contribution in [0.2, 0.25) is 0 Å². The second-order valence-electron chi connectivity index (χ2n) is 7.89. The third-order valence-electron chi connectivity index (χ3n) is 3.67. The molecule has 0 N–H and O–H groups in total. The summed E-state index contributed by atoms with van der Waals surface area (Å²) >= 11 is 0. The van der Waals surface area contributed by atoms with E-state index in [4.69, 9.17) is 4.74 Å². The fourth-order valence-electron chi connectivity index (χ4n) is 2.31. The predicted molar refractivity (Wildman–Crippen MR) is 86.6 cm³/mol.